The Bertz CT molecular complexity index is 204. The minimum atomic E-state index is -0.795. The van der Waals surface area contributed by atoms with E-state index in [-0.39, 0.29) is 18.5 Å². The number of carbonyl (C=O) groups excluding carboxylic acids is 1. The van der Waals surface area contributed by atoms with Gasteiger partial charge in [0.25, 0.3) is 0 Å². The number of hydrogen-bond acceptors (Lipinski definition) is 2. The van der Waals surface area contributed by atoms with E-state index in [1.807, 2.05) is 6.92 Å². The van der Waals surface area contributed by atoms with E-state index in [0.717, 1.165) is 0 Å². The van der Waals surface area contributed by atoms with E-state index >= 15 is 0 Å². The molecule has 0 spiro atoms. The molecule has 0 heterocycles. The van der Waals surface area contributed by atoms with E-state index in [2.05, 4.69) is 5.32 Å². The Morgan fingerprint density at radius 3 is 2.43 bits per heavy atom. The smallest absolute Gasteiger partial charge is 0.317 e. The van der Waals surface area contributed by atoms with Gasteiger partial charge in [0.2, 0.25) is 0 Å². The van der Waals surface area contributed by atoms with Crippen LogP contribution in [0.3, 0.4) is 0 Å². The maximum Gasteiger partial charge on any atom is 0.317 e. The lowest BCUT2D eigenvalue weighted by molar-refractivity contribution is -0.137. The summed E-state index contributed by atoms with van der Waals surface area (Å²) in [5.41, 5.74) is 0. The van der Waals surface area contributed by atoms with Gasteiger partial charge in [0.05, 0.1) is 0 Å². The maximum atomic E-state index is 11.1. The fourth-order valence-electron chi connectivity index (χ4n) is 0.972. The van der Waals surface area contributed by atoms with Crippen LogP contribution in [-0.4, -0.2) is 42.1 Å². The van der Waals surface area contributed by atoms with Crippen molar-refractivity contribution in [1.29, 1.82) is 0 Å². The van der Waals surface area contributed by atoms with Crippen molar-refractivity contribution in [3.63, 3.8) is 0 Å². The average Bonchev–Trinajstić information content (AvgIpc) is 2.02. The lowest BCUT2D eigenvalue weighted by Crippen LogP contribution is -2.39. The number of urea groups is 1. The van der Waals surface area contributed by atoms with Crippen LogP contribution in [0.15, 0.2) is 0 Å². The number of carboxylic acids is 1. The number of nitrogens with one attached hydrogen (secondary N) is 1. The molecule has 0 aromatic carbocycles. The van der Waals surface area contributed by atoms with Gasteiger partial charge in [-0.05, 0) is 19.8 Å². The van der Waals surface area contributed by atoms with Crippen molar-refractivity contribution in [2.24, 2.45) is 0 Å². The van der Waals surface area contributed by atoms with Crippen LogP contribution in [0.5, 0.6) is 0 Å². The molecule has 5 nitrogen and oxygen atoms in total. The van der Waals surface area contributed by atoms with Crippen molar-refractivity contribution in [1.82, 2.24) is 10.2 Å². The summed E-state index contributed by atoms with van der Waals surface area (Å²) in [6.45, 7) is 1.86. The largest absolute Gasteiger partial charge is 0.481 e. The third-order valence-corrected chi connectivity index (χ3v) is 1.80. The Hall–Kier alpha value is -1.26. The fourth-order valence-corrected chi connectivity index (χ4v) is 0.972. The third kappa shape index (κ3) is 6.28. The topological polar surface area (TPSA) is 69.6 Å². The summed E-state index contributed by atoms with van der Waals surface area (Å²) < 4.78 is 0. The molecule has 14 heavy (non-hydrogen) atoms. The Labute approximate surface area is 84.1 Å². The second kappa shape index (κ2) is 6.23. The first kappa shape index (κ1) is 12.7. The van der Waals surface area contributed by atoms with Crippen LogP contribution in [0, 0.1) is 0 Å². The van der Waals surface area contributed by atoms with Gasteiger partial charge < -0.3 is 15.3 Å². The van der Waals surface area contributed by atoms with E-state index in [9.17, 15) is 9.59 Å². The third-order valence-electron chi connectivity index (χ3n) is 1.80. The van der Waals surface area contributed by atoms with Gasteiger partial charge in [-0.1, -0.05) is 0 Å². The Morgan fingerprint density at radius 1 is 1.43 bits per heavy atom. The van der Waals surface area contributed by atoms with Crippen LogP contribution in [0.4, 0.5) is 4.79 Å². The molecule has 0 bridgehead atoms. The van der Waals surface area contributed by atoms with Gasteiger partial charge in [0.1, 0.15) is 0 Å². The molecule has 82 valence electrons. The number of nitrogens with zero attached hydrogens (tertiary/aromatic N) is 1. The molecule has 2 N–H and O–H groups in total. The first-order valence-corrected chi connectivity index (χ1v) is 4.63. The highest BCUT2D eigenvalue weighted by Gasteiger charge is 2.08. The van der Waals surface area contributed by atoms with Crippen molar-refractivity contribution in [2.75, 3.05) is 14.1 Å². The molecule has 0 aliphatic heterocycles. The normalized spacial score (nSPS) is 11.9. The van der Waals surface area contributed by atoms with Gasteiger partial charge in [0, 0.05) is 26.6 Å². The first-order valence-electron chi connectivity index (χ1n) is 4.63. The van der Waals surface area contributed by atoms with Crippen LogP contribution < -0.4 is 5.32 Å². The van der Waals surface area contributed by atoms with Crippen LogP contribution in [0.1, 0.15) is 26.2 Å². The highest BCUT2D eigenvalue weighted by Crippen LogP contribution is 2.00. The van der Waals surface area contributed by atoms with Crippen molar-refractivity contribution < 1.29 is 14.7 Å². The lowest BCUT2D eigenvalue weighted by atomic mass is 10.1. The molecule has 0 fully saturated rings. The van der Waals surface area contributed by atoms with E-state index in [1.165, 1.54) is 4.90 Å². The molecular weight excluding hydrogens is 184 g/mol. The number of hydrogen-bond donors (Lipinski definition) is 2. The van der Waals surface area contributed by atoms with Crippen molar-refractivity contribution in [2.45, 2.75) is 32.2 Å². The van der Waals surface area contributed by atoms with E-state index in [4.69, 9.17) is 5.11 Å². The molecular formula is C9H18N2O3. The Morgan fingerprint density at radius 2 is 2.00 bits per heavy atom. The van der Waals surface area contributed by atoms with Crippen LogP contribution in [-0.2, 0) is 4.79 Å². The second-order valence-electron chi connectivity index (χ2n) is 3.53. The van der Waals surface area contributed by atoms with E-state index in [1.54, 1.807) is 14.1 Å². The number of amides is 2. The maximum absolute atomic E-state index is 11.1. The van der Waals surface area contributed by atoms with Crippen molar-refractivity contribution >= 4 is 12.0 Å². The minimum Gasteiger partial charge on any atom is -0.481 e. The number of rotatable bonds is 5. The number of carbonyl (C=O) groups is 2. The van der Waals surface area contributed by atoms with Crippen LogP contribution in [0.2, 0.25) is 0 Å². The van der Waals surface area contributed by atoms with Crippen molar-refractivity contribution in [3.8, 4) is 0 Å². The first-order chi connectivity index (χ1) is 6.43. The van der Waals surface area contributed by atoms with Gasteiger partial charge in [-0.2, -0.15) is 0 Å². The zero-order valence-electron chi connectivity index (χ0n) is 8.91. The molecule has 0 saturated carbocycles. The van der Waals surface area contributed by atoms with Crippen LogP contribution in [0.25, 0.3) is 0 Å². The Kier molecular flexibility index (Phi) is 5.67. The SMILES string of the molecule is CC(CCCC(=O)O)NC(=O)N(C)C. The summed E-state index contributed by atoms with van der Waals surface area (Å²) in [6.07, 6.45) is 1.43. The average molecular weight is 202 g/mol. The molecule has 0 saturated heterocycles. The summed E-state index contributed by atoms with van der Waals surface area (Å²) >= 11 is 0. The number of carboxylic acid groups (broad SMARTS) is 1. The summed E-state index contributed by atoms with van der Waals surface area (Å²) in [6, 6.07) is -0.128. The summed E-state index contributed by atoms with van der Waals surface area (Å²) in [5, 5.41) is 11.1. The van der Waals surface area contributed by atoms with Crippen molar-refractivity contribution in [3.05, 3.63) is 0 Å². The minimum absolute atomic E-state index is 0.0178. The second-order valence-corrected chi connectivity index (χ2v) is 3.53. The number of aliphatic carboxylic acids is 1. The highest BCUT2D eigenvalue weighted by molar-refractivity contribution is 5.73. The predicted molar refractivity (Wildman–Crippen MR) is 53.2 cm³/mol. The molecule has 0 aliphatic carbocycles. The zero-order valence-corrected chi connectivity index (χ0v) is 8.91. The molecule has 1 atom stereocenters. The van der Waals surface area contributed by atoms with Crippen LogP contribution >= 0.6 is 0 Å². The highest BCUT2D eigenvalue weighted by atomic mass is 16.4. The molecule has 0 aromatic heterocycles. The van der Waals surface area contributed by atoms with Gasteiger partial charge in [-0.15, -0.1) is 0 Å². The Balaban J connectivity index is 3.60. The molecule has 0 aromatic rings. The lowest BCUT2D eigenvalue weighted by Gasteiger charge is -2.17. The molecule has 1 unspecified atom stereocenters. The van der Waals surface area contributed by atoms with Gasteiger partial charge >= 0.3 is 12.0 Å². The van der Waals surface area contributed by atoms with Gasteiger partial charge in [0.15, 0.2) is 0 Å². The summed E-state index contributed by atoms with van der Waals surface area (Å²) in [7, 11) is 3.33. The van der Waals surface area contributed by atoms with Gasteiger partial charge in [-0.25, -0.2) is 4.79 Å². The fraction of sp³-hybridized carbons (Fsp3) is 0.778. The quantitative estimate of drug-likeness (QED) is 0.696. The van der Waals surface area contributed by atoms with E-state index < -0.39 is 5.97 Å². The molecule has 0 aliphatic rings. The van der Waals surface area contributed by atoms with Gasteiger partial charge in [-0.3, -0.25) is 4.79 Å². The summed E-state index contributed by atoms with van der Waals surface area (Å²) in [4.78, 5) is 22.8. The molecule has 5 heteroatoms. The summed E-state index contributed by atoms with van der Waals surface area (Å²) in [5.74, 6) is -0.795. The monoisotopic (exact) mass is 202 g/mol. The molecule has 0 rings (SSSR count). The predicted octanol–water partition coefficient (Wildman–Crippen LogP) is 0.901. The molecule has 0 radical (unpaired) electrons. The zero-order chi connectivity index (χ0) is 11.1. The standard InChI is InChI=1S/C9H18N2O3/c1-7(5-4-6-8(12)13)10-9(14)11(2)3/h7H,4-6H2,1-3H3,(H,10,14)(H,12,13). The molecule has 2 amide bonds. The van der Waals surface area contributed by atoms with E-state index in [0.29, 0.717) is 12.8 Å².